The fraction of sp³-hybridized carbons (Fsp3) is 0.600. The van der Waals surface area contributed by atoms with Crippen LogP contribution in [0.3, 0.4) is 0 Å². The van der Waals surface area contributed by atoms with Gasteiger partial charge in [0.05, 0.1) is 6.10 Å². The number of hydrogen-bond donors (Lipinski definition) is 2. The van der Waals surface area contributed by atoms with E-state index in [-0.39, 0.29) is 0 Å². The largest absolute Gasteiger partial charge is 0.388 e. The summed E-state index contributed by atoms with van der Waals surface area (Å²) in [6, 6.07) is 3.58. The number of nitrogens with two attached hydrogens (primary N) is 1. The second-order valence-corrected chi connectivity index (χ2v) is 5.84. The van der Waals surface area contributed by atoms with Crippen molar-refractivity contribution in [3.63, 3.8) is 0 Å². The summed E-state index contributed by atoms with van der Waals surface area (Å²) in [6.07, 6.45) is 2.96. The summed E-state index contributed by atoms with van der Waals surface area (Å²) in [5.74, 6) is -1.32. The molecular formula is C15H21F2NO. The molecule has 0 heterocycles. The predicted octanol–water partition coefficient (Wildman–Crippen LogP) is 3.15. The highest BCUT2D eigenvalue weighted by atomic mass is 19.2. The van der Waals surface area contributed by atoms with Crippen molar-refractivity contribution >= 4 is 0 Å². The second kappa shape index (κ2) is 5.55. The maximum absolute atomic E-state index is 13.3. The number of hydrogen-bond acceptors (Lipinski definition) is 2. The summed E-state index contributed by atoms with van der Waals surface area (Å²) in [5.41, 5.74) is 5.88. The Hall–Kier alpha value is -1.00. The molecule has 0 amide bonds. The van der Waals surface area contributed by atoms with Crippen molar-refractivity contribution in [2.24, 2.45) is 17.1 Å². The molecule has 2 nitrogen and oxygen atoms in total. The van der Waals surface area contributed by atoms with E-state index in [9.17, 15) is 13.9 Å². The summed E-state index contributed by atoms with van der Waals surface area (Å²) in [5, 5.41) is 10.6. The first-order valence-corrected chi connectivity index (χ1v) is 6.81. The Kier molecular flexibility index (Phi) is 4.21. The standard InChI is InChI=1S/C15H21F2NO/c1-10-3-2-6-15(8-10,9-18)14(19)11-4-5-12(16)13(17)7-11/h4-5,7,10,14,19H,2-3,6,8-9,18H2,1H3. The van der Waals surface area contributed by atoms with Gasteiger partial charge in [0.15, 0.2) is 11.6 Å². The zero-order chi connectivity index (χ0) is 14.0. The Labute approximate surface area is 112 Å². The lowest BCUT2D eigenvalue weighted by Gasteiger charge is -2.43. The van der Waals surface area contributed by atoms with Gasteiger partial charge in [-0.25, -0.2) is 8.78 Å². The van der Waals surface area contributed by atoms with Crippen molar-refractivity contribution < 1.29 is 13.9 Å². The molecule has 19 heavy (non-hydrogen) atoms. The van der Waals surface area contributed by atoms with Gasteiger partial charge in [0.25, 0.3) is 0 Å². The van der Waals surface area contributed by atoms with E-state index < -0.39 is 23.2 Å². The average molecular weight is 269 g/mol. The van der Waals surface area contributed by atoms with Crippen molar-refractivity contribution in [2.45, 2.75) is 38.7 Å². The van der Waals surface area contributed by atoms with E-state index in [0.29, 0.717) is 18.0 Å². The van der Waals surface area contributed by atoms with Crippen LogP contribution in [0.15, 0.2) is 18.2 Å². The van der Waals surface area contributed by atoms with Gasteiger partial charge in [-0.15, -0.1) is 0 Å². The lowest BCUT2D eigenvalue weighted by Crippen LogP contribution is -2.40. The minimum Gasteiger partial charge on any atom is -0.388 e. The van der Waals surface area contributed by atoms with E-state index in [2.05, 4.69) is 6.92 Å². The third-order valence-electron chi connectivity index (χ3n) is 4.37. The quantitative estimate of drug-likeness (QED) is 0.885. The van der Waals surface area contributed by atoms with Crippen LogP contribution < -0.4 is 5.73 Å². The van der Waals surface area contributed by atoms with Gasteiger partial charge in [-0.3, -0.25) is 0 Å². The van der Waals surface area contributed by atoms with Gasteiger partial charge >= 0.3 is 0 Å². The van der Waals surface area contributed by atoms with Crippen molar-refractivity contribution in [2.75, 3.05) is 6.54 Å². The maximum Gasteiger partial charge on any atom is 0.159 e. The molecule has 0 aliphatic heterocycles. The zero-order valence-electron chi connectivity index (χ0n) is 11.2. The molecule has 1 aliphatic carbocycles. The molecular weight excluding hydrogens is 248 g/mol. The summed E-state index contributed by atoms with van der Waals surface area (Å²) in [6.45, 7) is 2.50. The number of benzene rings is 1. The molecule has 3 unspecified atom stereocenters. The SMILES string of the molecule is CC1CCCC(CN)(C(O)c2ccc(F)c(F)c2)C1. The van der Waals surface area contributed by atoms with E-state index in [1.807, 2.05) is 0 Å². The molecule has 0 saturated heterocycles. The van der Waals surface area contributed by atoms with Crippen LogP contribution in [0.5, 0.6) is 0 Å². The van der Waals surface area contributed by atoms with Crippen LogP contribution in [0.1, 0.15) is 44.3 Å². The Morgan fingerprint density at radius 3 is 2.74 bits per heavy atom. The number of rotatable bonds is 3. The highest BCUT2D eigenvalue weighted by Crippen LogP contribution is 2.47. The fourth-order valence-corrected chi connectivity index (χ4v) is 3.28. The minimum absolute atomic E-state index is 0.359. The Morgan fingerprint density at radius 2 is 2.16 bits per heavy atom. The average Bonchev–Trinajstić information content (AvgIpc) is 2.41. The normalized spacial score (nSPS) is 29.2. The van der Waals surface area contributed by atoms with Gasteiger partial charge < -0.3 is 10.8 Å². The summed E-state index contributed by atoms with van der Waals surface area (Å²) >= 11 is 0. The first-order chi connectivity index (χ1) is 8.98. The molecule has 1 saturated carbocycles. The Morgan fingerprint density at radius 1 is 1.42 bits per heavy atom. The van der Waals surface area contributed by atoms with E-state index in [1.54, 1.807) is 0 Å². The lowest BCUT2D eigenvalue weighted by molar-refractivity contribution is -0.0132. The van der Waals surface area contributed by atoms with Crippen LogP contribution in [0.25, 0.3) is 0 Å². The first-order valence-electron chi connectivity index (χ1n) is 6.81. The predicted molar refractivity (Wildman–Crippen MR) is 70.4 cm³/mol. The molecule has 0 aromatic heterocycles. The zero-order valence-corrected chi connectivity index (χ0v) is 11.2. The topological polar surface area (TPSA) is 46.2 Å². The van der Waals surface area contributed by atoms with E-state index in [0.717, 1.165) is 37.8 Å². The first kappa shape index (κ1) is 14.4. The van der Waals surface area contributed by atoms with E-state index >= 15 is 0 Å². The second-order valence-electron chi connectivity index (χ2n) is 5.84. The van der Waals surface area contributed by atoms with Crippen LogP contribution in [-0.2, 0) is 0 Å². The van der Waals surface area contributed by atoms with Crippen molar-refractivity contribution in [1.29, 1.82) is 0 Å². The molecule has 106 valence electrons. The summed E-state index contributed by atoms with van der Waals surface area (Å²) in [7, 11) is 0. The monoisotopic (exact) mass is 269 g/mol. The highest BCUT2D eigenvalue weighted by Gasteiger charge is 2.40. The smallest absolute Gasteiger partial charge is 0.159 e. The molecule has 0 spiro atoms. The van der Waals surface area contributed by atoms with E-state index in [1.165, 1.54) is 6.07 Å². The van der Waals surface area contributed by atoms with Crippen LogP contribution >= 0.6 is 0 Å². The van der Waals surface area contributed by atoms with Gasteiger partial charge in [-0.1, -0.05) is 25.8 Å². The molecule has 2 rings (SSSR count). The Bertz CT molecular complexity index is 452. The molecule has 1 aromatic carbocycles. The fourth-order valence-electron chi connectivity index (χ4n) is 3.28. The molecule has 0 radical (unpaired) electrons. The molecule has 1 aliphatic rings. The summed E-state index contributed by atoms with van der Waals surface area (Å²) < 4.78 is 26.3. The van der Waals surface area contributed by atoms with Crippen LogP contribution in [0, 0.1) is 23.0 Å². The number of halogens is 2. The minimum atomic E-state index is -0.924. The van der Waals surface area contributed by atoms with E-state index in [4.69, 9.17) is 5.73 Å². The Balaban J connectivity index is 2.29. The van der Waals surface area contributed by atoms with Gasteiger partial charge in [-0.2, -0.15) is 0 Å². The third-order valence-corrected chi connectivity index (χ3v) is 4.37. The highest BCUT2D eigenvalue weighted by molar-refractivity contribution is 5.22. The lowest BCUT2D eigenvalue weighted by atomic mass is 9.65. The maximum atomic E-state index is 13.3. The number of aliphatic hydroxyl groups is 1. The van der Waals surface area contributed by atoms with Crippen LogP contribution in [-0.4, -0.2) is 11.7 Å². The third kappa shape index (κ3) is 2.79. The van der Waals surface area contributed by atoms with Gasteiger partial charge in [0, 0.05) is 12.0 Å². The van der Waals surface area contributed by atoms with Crippen molar-refractivity contribution in [1.82, 2.24) is 0 Å². The molecule has 4 heteroatoms. The number of aliphatic hydroxyl groups excluding tert-OH is 1. The molecule has 3 N–H and O–H groups in total. The van der Waals surface area contributed by atoms with Gasteiger partial charge in [0.2, 0.25) is 0 Å². The van der Waals surface area contributed by atoms with Gasteiger partial charge in [0.1, 0.15) is 0 Å². The summed E-state index contributed by atoms with van der Waals surface area (Å²) in [4.78, 5) is 0. The molecule has 3 atom stereocenters. The molecule has 0 bridgehead atoms. The van der Waals surface area contributed by atoms with Crippen LogP contribution in [0.4, 0.5) is 8.78 Å². The van der Waals surface area contributed by atoms with Gasteiger partial charge in [-0.05, 0) is 36.5 Å². The van der Waals surface area contributed by atoms with Crippen LogP contribution in [0.2, 0.25) is 0 Å². The van der Waals surface area contributed by atoms with Crippen molar-refractivity contribution in [3.05, 3.63) is 35.4 Å². The van der Waals surface area contributed by atoms with Crippen molar-refractivity contribution in [3.8, 4) is 0 Å². The molecule has 1 fully saturated rings. The molecule has 1 aromatic rings.